The topological polar surface area (TPSA) is 70.1 Å². The summed E-state index contributed by atoms with van der Waals surface area (Å²) < 4.78 is 1.66. The largest absolute Gasteiger partial charge is 0.318 e. The lowest BCUT2D eigenvalue weighted by atomic mass is 10.4. The normalized spacial score (nSPS) is 11.2. The zero-order chi connectivity index (χ0) is 10.4. The molecule has 3 heterocycles. The number of rotatable bonds is 0. The molecule has 0 spiro atoms. The van der Waals surface area contributed by atoms with Crippen LogP contribution in [0.2, 0.25) is 0 Å². The first kappa shape index (κ1) is 8.05. The van der Waals surface area contributed by atoms with Crippen LogP contribution in [0.5, 0.6) is 0 Å². The van der Waals surface area contributed by atoms with E-state index < -0.39 is 0 Å². The fourth-order valence-corrected chi connectivity index (χ4v) is 1.70. The first-order chi connectivity index (χ1) is 7.25. The molecule has 0 unspecified atom stereocenters. The second-order valence-electron chi connectivity index (χ2n) is 3.30. The fraction of sp³-hybridized carbons (Fsp3) is 0. The van der Waals surface area contributed by atoms with Crippen LogP contribution in [0.4, 0.5) is 0 Å². The van der Waals surface area contributed by atoms with E-state index in [2.05, 4.69) is 9.97 Å². The van der Waals surface area contributed by atoms with Crippen molar-refractivity contribution in [2.24, 2.45) is 0 Å². The highest BCUT2D eigenvalue weighted by atomic mass is 16.1. The van der Waals surface area contributed by atoms with E-state index in [9.17, 15) is 9.59 Å². The zero-order valence-corrected chi connectivity index (χ0v) is 7.65. The van der Waals surface area contributed by atoms with Gasteiger partial charge >= 0.3 is 0 Å². The van der Waals surface area contributed by atoms with E-state index in [-0.39, 0.29) is 11.1 Å². The molecule has 0 aliphatic heterocycles. The van der Waals surface area contributed by atoms with Crippen molar-refractivity contribution in [2.45, 2.75) is 0 Å². The minimum Gasteiger partial charge on any atom is -0.318 e. The smallest absolute Gasteiger partial charge is 0.272 e. The minimum atomic E-state index is -0.190. The van der Waals surface area contributed by atoms with Gasteiger partial charge in [-0.2, -0.15) is 0 Å². The molecule has 74 valence electrons. The van der Waals surface area contributed by atoms with Crippen LogP contribution in [0.25, 0.3) is 16.7 Å². The third kappa shape index (κ3) is 1.03. The van der Waals surface area contributed by atoms with Gasteiger partial charge in [0.05, 0.1) is 5.52 Å². The Bertz CT molecular complexity index is 763. The summed E-state index contributed by atoms with van der Waals surface area (Å²) >= 11 is 0. The number of hydrogen-bond donors (Lipinski definition) is 2. The van der Waals surface area contributed by atoms with Crippen molar-refractivity contribution >= 4 is 16.7 Å². The Morgan fingerprint density at radius 2 is 1.93 bits per heavy atom. The maximum Gasteiger partial charge on any atom is 0.272 e. The van der Waals surface area contributed by atoms with Crippen LogP contribution in [0, 0.1) is 0 Å². The first-order valence-electron chi connectivity index (χ1n) is 4.48. The van der Waals surface area contributed by atoms with E-state index in [1.807, 2.05) is 0 Å². The van der Waals surface area contributed by atoms with Crippen LogP contribution in [0.15, 0.2) is 40.1 Å². The van der Waals surface area contributed by atoms with Gasteiger partial charge in [0.15, 0.2) is 0 Å². The molecule has 3 aromatic heterocycles. The third-order valence-corrected chi connectivity index (χ3v) is 2.37. The van der Waals surface area contributed by atoms with Gasteiger partial charge in [0.25, 0.3) is 5.56 Å². The number of H-pyrrole nitrogens is 2. The number of nitrogens with one attached hydrogen (secondary N) is 2. The van der Waals surface area contributed by atoms with E-state index in [0.29, 0.717) is 16.7 Å². The van der Waals surface area contributed by atoms with Crippen molar-refractivity contribution < 1.29 is 0 Å². The van der Waals surface area contributed by atoms with Gasteiger partial charge in [-0.1, -0.05) is 0 Å². The summed E-state index contributed by atoms with van der Waals surface area (Å²) in [5, 5.41) is 0. The van der Waals surface area contributed by atoms with Crippen molar-refractivity contribution in [3.63, 3.8) is 0 Å². The minimum absolute atomic E-state index is 0.167. The second-order valence-corrected chi connectivity index (χ2v) is 3.30. The SMILES string of the molecule is O=c1ccc2[nH]c(=O)c3cccn3c2[nH]1. The molecule has 0 saturated carbocycles. The predicted octanol–water partition coefficient (Wildman–Crippen LogP) is 0.469. The summed E-state index contributed by atoms with van der Waals surface area (Å²) in [7, 11) is 0. The van der Waals surface area contributed by atoms with Crippen LogP contribution in [-0.4, -0.2) is 14.4 Å². The predicted molar refractivity (Wildman–Crippen MR) is 56.1 cm³/mol. The molecule has 5 nitrogen and oxygen atoms in total. The van der Waals surface area contributed by atoms with E-state index in [4.69, 9.17) is 0 Å². The Morgan fingerprint density at radius 3 is 2.80 bits per heavy atom. The molecule has 0 aliphatic carbocycles. The number of nitrogens with zero attached hydrogens (tertiary/aromatic N) is 1. The second kappa shape index (κ2) is 2.60. The van der Waals surface area contributed by atoms with Gasteiger partial charge in [-0.3, -0.25) is 14.0 Å². The maximum atomic E-state index is 11.6. The standard InChI is InChI=1S/C10H7N3O2/c14-8-4-3-6-9(12-8)13-5-1-2-7(13)10(15)11-6/h1-5H,(H,11,15)(H,12,14). The van der Waals surface area contributed by atoms with E-state index >= 15 is 0 Å². The van der Waals surface area contributed by atoms with Gasteiger partial charge < -0.3 is 9.97 Å². The number of hydrogen-bond acceptors (Lipinski definition) is 2. The highest BCUT2D eigenvalue weighted by Crippen LogP contribution is 2.07. The van der Waals surface area contributed by atoms with Crippen molar-refractivity contribution in [3.8, 4) is 0 Å². The summed E-state index contributed by atoms with van der Waals surface area (Å²) in [6.07, 6.45) is 1.74. The molecule has 0 saturated heterocycles. The molecule has 0 radical (unpaired) electrons. The van der Waals surface area contributed by atoms with Gasteiger partial charge in [-0.15, -0.1) is 0 Å². The number of aromatic amines is 2. The lowest BCUT2D eigenvalue weighted by molar-refractivity contribution is 1.12. The molecule has 3 rings (SSSR count). The molecule has 0 aliphatic rings. The quantitative estimate of drug-likeness (QED) is 0.555. The zero-order valence-electron chi connectivity index (χ0n) is 7.65. The van der Waals surface area contributed by atoms with Crippen molar-refractivity contribution in [3.05, 3.63) is 51.2 Å². The molecule has 15 heavy (non-hydrogen) atoms. The summed E-state index contributed by atoms with van der Waals surface area (Å²) in [5.74, 6) is 0. The first-order valence-corrected chi connectivity index (χ1v) is 4.48. The summed E-state index contributed by atoms with van der Waals surface area (Å²) in [5.41, 5.74) is 1.37. The van der Waals surface area contributed by atoms with Crippen LogP contribution in [0.1, 0.15) is 0 Å². The Labute approximate surface area is 83.0 Å². The number of fused-ring (bicyclic) bond motifs is 3. The fourth-order valence-electron chi connectivity index (χ4n) is 1.70. The molecular formula is C10H7N3O2. The van der Waals surface area contributed by atoms with Crippen molar-refractivity contribution in [1.82, 2.24) is 14.4 Å². The summed E-state index contributed by atoms with van der Waals surface area (Å²) in [4.78, 5) is 28.1. The van der Waals surface area contributed by atoms with Crippen LogP contribution >= 0.6 is 0 Å². The molecule has 0 bridgehead atoms. The maximum absolute atomic E-state index is 11.6. The van der Waals surface area contributed by atoms with Gasteiger partial charge in [0, 0.05) is 12.3 Å². The van der Waals surface area contributed by atoms with E-state index in [0.717, 1.165) is 0 Å². The molecule has 5 heteroatoms. The summed E-state index contributed by atoms with van der Waals surface area (Å²) in [6, 6.07) is 6.43. The highest BCUT2D eigenvalue weighted by molar-refractivity contribution is 5.73. The van der Waals surface area contributed by atoms with Gasteiger partial charge in [0.2, 0.25) is 5.56 Å². The molecule has 0 atom stereocenters. The average Bonchev–Trinajstić information content (AvgIpc) is 2.69. The lowest BCUT2D eigenvalue weighted by Crippen LogP contribution is -2.13. The number of aromatic nitrogens is 3. The molecule has 0 amide bonds. The van der Waals surface area contributed by atoms with Crippen molar-refractivity contribution in [1.29, 1.82) is 0 Å². The molecule has 0 aromatic carbocycles. The lowest BCUT2D eigenvalue weighted by Gasteiger charge is -2.00. The Morgan fingerprint density at radius 1 is 1.07 bits per heavy atom. The van der Waals surface area contributed by atoms with Gasteiger partial charge in [-0.25, -0.2) is 0 Å². The van der Waals surface area contributed by atoms with Gasteiger partial charge in [0.1, 0.15) is 11.2 Å². The Balaban J connectivity index is 2.74. The molecular weight excluding hydrogens is 194 g/mol. The Kier molecular flexibility index (Phi) is 1.39. The van der Waals surface area contributed by atoms with Crippen molar-refractivity contribution in [2.75, 3.05) is 0 Å². The number of pyridine rings is 1. The molecule has 0 fully saturated rings. The van der Waals surface area contributed by atoms with E-state index in [1.165, 1.54) is 6.07 Å². The molecule has 3 aromatic rings. The molecule has 2 N–H and O–H groups in total. The van der Waals surface area contributed by atoms with Crippen LogP contribution in [0.3, 0.4) is 0 Å². The van der Waals surface area contributed by atoms with Gasteiger partial charge in [-0.05, 0) is 18.2 Å². The van der Waals surface area contributed by atoms with Crippen LogP contribution < -0.4 is 11.1 Å². The highest BCUT2D eigenvalue weighted by Gasteiger charge is 2.03. The van der Waals surface area contributed by atoms with Crippen LogP contribution in [-0.2, 0) is 0 Å². The van der Waals surface area contributed by atoms with E-state index in [1.54, 1.807) is 28.8 Å². The summed E-state index contributed by atoms with van der Waals surface area (Å²) in [6.45, 7) is 0. The monoisotopic (exact) mass is 201 g/mol. The Hall–Kier alpha value is -2.30. The third-order valence-electron chi connectivity index (χ3n) is 2.37. The average molecular weight is 201 g/mol.